The van der Waals surface area contributed by atoms with Gasteiger partial charge in [0.05, 0.1) is 5.69 Å². The summed E-state index contributed by atoms with van der Waals surface area (Å²) >= 11 is 1.08. The average Bonchev–Trinajstić information content (AvgIpc) is 3.21. The zero-order chi connectivity index (χ0) is 19.0. The Hall–Kier alpha value is -2.81. The van der Waals surface area contributed by atoms with E-state index in [4.69, 9.17) is 0 Å². The van der Waals surface area contributed by atoms with Crippen LogP contribution < -0.4 is 5.32 Å². The molecule has 0 atom stereocenters. The number of halogens is 1. The highest BCUT2D eigenvalue weighted by Gasteiger charge is 2.25. The van der Waals surface area contributed by atoms with Crippen molar-refractivity contribution in [3.8, 4) is 5.69 Å². The number of rotatable bonds is 4. The van der Waals surface area contributed by atoms with Crippen LogP contribution in [0.1, 0.15) is 42.6 Å². The molecule has 2 aromatic heterocycles. The highest BCUT2D eigenvalue weighted by atomic mass is 32.1. The number of hydrogen-bond donors (Lipinski definition) is 2. The van der Waals surface area contributed by atoms with E-state index < -0.39 is 11.8 Å². The fraction of sp³-hybridized carbons (Fsp3) is 0.333. The van der Waals surface area contributed by atoms with E-state index >= 15 is 0 Å². The van der Waals surface area contributed by atoms with E-state index in [0.29, 0.717) is 21.2 Å². The second kappa shape index (κ2) is 7.07. The zero-order valence-electron chi connectivity index (χ0n) is 14.3. The second-order valence-corrected chi connectivity index (χ2v) is 7.54. The highest BCUT2D eigenvalue weighted by molar-refractivity contribution is 7.22. The Bertz CT molecular complexity index is 1010. The molecule has 2 heterocycles. The van der Waals surface area contributed by atoms with E-state index in [2.05, 4.69) is 15.4 Å². The molecule has 0 spiro atoms. The molecule has 1 amide bonds. The first kappa shape index (κ1) is 17.6. The SMILES string of the molecule is O=C(O)c1nn(-c2ccc(F)cc2)c2nc(NC(=O)C3CCCCC3)sc12. The predicted octanol–water partition coefficient (Wildman–Crippen LogP) is 3.84. The Morgan fingerprint density at radius 1 is 1.19 bits per heavy atom. The third-order valence-electron chi connectivity index (χ3n) is 4.70. The molecule has 1 aromatic carbocycles. The molecule has 1 aliphatic rings. The molecule has 4 rings (SSSR count). The molecule has 27 heavy (non-hydrogen) atoms. The van der Waals surface area contributed by atoms with Crippen molar-refractivity contribution >= 4 is 38.7 Å². The molecular weight excluding hydrogens is 371 g/mol. The first-order valence-electron chi connectivity index (χ1n) is 8.72. The minimum absolute atomic E-state index is 0.0293. The number of aromatic nitrogens is 3. The minimum atomic E-state index is -1.19. The molecule has 0 aliphatic heterocycles. The van der Waals surface area contributed by atoms with Crippen LogP contribution in [0.5, 0.6) is 0 Å². The molecular formula is C18H17FN4O3S. The van der Waals surface area contributed by atoms with Crippen LogP contribution in [0, 0.1) is 11.7 Å². The number of hydrogen-bond acceptors (Lipinski definition) is 5. The number of aromatic carboxylic acids is 1. The van der Waals surface area contributed by atoms with Crippen LogP contribution in [0.3, 0.4) is 0 Å². The molecule has 0 radical (unpaired) electrons. The van der Waals surface area contributed by atoms with Gasteiger partial charge in [-0.15, -0.1) is 0 Å². The van der Waals surface area contributed by atoms with Gasteiger partial charge >= 0.3 is 5.97 Å². The number of carboxylic acids is 1. The van der Waals surface area contributed by atoms with E-state index in [-0.39, 0.29) is 17.5 Å². The first-order chi connectivity index (χ1) is 13.0. The van der Waals surface area contributed by atoms with Crippen molar-refractivity contribution in [1.29, 1.82) is 0 Å². The van der Waals surface area contributed by atoms with E-state index in [9.17, 15) is 19.1 Å². The number of carboxylic acid groups (broad SMARTS) is 1. The van der Waals surface area contributed by atoms with Gasteiger partial charge in [-0.2, -0.15) is 10.1 Å². The van der Waals surface area contributed by atoms with Crippen molar-refractivity contribution < 1.29 is 19.1 Å². The molecule has 3 aromatic rings. The molecule has 1 saturated carbocycles. The van der Waals surface area contributed by atoms with Gasteiger partial charge in [0.2, 0.25) is 5.91 Å². The lowest BCUT2D eigenvalue weighted by molar-refractivity contribution is -0.120. The maximum atomic E-state index is 13.2. The number of carbonyl (C=O) groups is 2. The van der Waals surface area contributed by atoms with Gasteiger partial charge in [0.1, 0.15) is 10.5 Å². The van der Waals surface area contributed by atoms with Gasteiger partial charge in [0.25, 0.3) is 0 Å². The van der Waals surface area contributed by atoms with Crippen LogP contribution in [-0.2, 0) is 4.79 Å². The summed E-state index contributed by atoms with van der Waals surface area (Å²) < 4.78 is 14.9. The first-order valence-corrected chi connectivity index (χ1v) is 9.54. The third kappa shape index (κ3) is 3.42. The molecule has 7 nitrogen and oxygen atoms in total. The monoisotopic (exact) mass is 388 g/mol. The molecule has 0 bridgehead atoms. The molecule has 1 aliphatic carbocycles. The number of thiazole rings is 1. The number of fused-ring (bicyclic) bond motifs is 1. The van der Waals surface area contributed by atoms with Gasteiger partial charge in [0, 0.05) is 5.92 Å². The summed E-state index contributed by atoms with van der Waals surface area (Å²) in [6, 6.07) is 5.52. The van der Waals surface area contributed by atoms with Crippen molar-refractivity contribution in [2.45, 2.75) is 32.1 Å². The van der Waals surface area contributed by atoms with Crippen molar-refractivity contribution in [3.63, 3.8) is 0 Å². The lowest BCUT2D eigenvalue weighted by Crippen LogP contribution is -2.24. The Morgan fingerprint density at radius 2 is 1.89 bits per heavy atom. The molecule has 0 saturated heterocycles. The maximum Gasteiger partial charge on any atom is 0.358 e. The zero-order valence-corrected chi connectivity index (χ0v) is 15.1. The number of nitrogens with one attached hydrogen (secondary N) is 1. The third-order valence-corrected chi connectivity index (χ3v) is 5.67. The van der Waals surface area contributed by atoms with Crippen LogP contribution in [0.4, 0.5) is 9.52 Å². The number of amides is 1. The molecule has 140 valence electrons. The van der Waals surface area contributed by atoms with Crippen LogP contribution in [0.2, 0.25) is 0 Å². The van der Waals surface area contributed by atoms with Crippen molar-refractivity contribution in [2.24, 2.45) is 5.92 Å². The average molecular weight is 388 g/mol. The summed E-state index contributed by atoms with van der Waals surface area (Å²) in [5.74, 6) is -1.70. The Kier molecular flexibility index (Phi) is 4.61. The Balaban J connectivity index is 1.69. The van der Waals surface area contributed by atoms with Crippen LogP contribution in [0.15, 0.2) is 24.3 Å². The topological polar surface area (TPSA) is 97.1 Å². The smallest absolute Gasteiger partial charge is 0.358 e. The maximum absolute atomic E-state index is 13.2. The van der Waals surface area contributed by atoms with E-state index in [1.807, 2.05) is 0 Å². The van der Waals surface area contributed by atoms with E-state index in [1.54, 1.807) is 0 Å². The quantitative estimate of drug-likeness (QED) is 0.708. The molecule has 0 unspecified atom stereocenters. The summed E-state index contributed by atoms with van der Waals surface area (Å²) in [6.45, 7) is 0. The number of nitrogens with zero attached hydrogens (tertiary/aromatic N) is 3. The fourth-order valence-electron chi connectivity index (χ4n) is 3.33. The van der Waals surface area contributed by atoms with Crippen LogP contribution in [-0.4, -0.2) is 31.7 Å². The van der Waals surface area contributed by atoms with E-state index in [0.717, 1.165) is 43.4 Å². The lowest BCUT2D eigenvalue weighted by Gasteiger charge is -2.19. The summed E-state index contributed by atoms with van der Waals surface area (Å²) in [5.41, 5.74) is 0.664. The normalized spacial score (nSPS) is 15.1. The Labute approximate surface area is 157 Å². The van der Waals surface area contributed by atoms with Gasteiger partial charge in [-0.1, -0.05) is 30.6 Å². The van der Waals surface area contributed by atoms with Gasteiger partial charge in [-0.05, 0) is 37.1 Å². The van der Waals surface area contributed by atoms with Gasteiger partial charge in [-0.3, -0.25) is 4.79 Å². The second-order valence-electron chi connectivity index (χ2n) is 6.54. The largest absolute Gasteiger partial charge is 0.476 e. The fourth-order valence-corrected chi connectivity index (χ4v) is 4.26. The van der Waals surface area contributed by atoms with Gasteiger partial charge in [0.15, 0.2) is 16.5 Å². The van der Waals surface area contributed by atoms with Crippen LogP contribution in [0.25, 0.3) is 16.0 Å². The van der Waals surface area contributed by atoms with Crippen LogP contribution >= 0.6 is 11.3 Å². The van der Waals surface area contributed by atoms with Gasteiger partial charge < -0.3 is 10.4 Å². The summed E-state index contributed by atoms with van der Waals surface area (Å²) in [7, 11) is 0. The summed E-state index contributed by atoms with van der Waals surface area (Å²) in [6.07, 6.45) is 4.96. The van der Waals surface area contributed by atoms with Gasteiger partial charge in [-0.25, -0.2) is 13.9 Å². The minimum Gasteiger partial charge on any atom is -0.476 e. The number of anilines is 1. The van der Waals surface area contributed by atoms with Crippen molar-refractivity contribution in [2.75, 3.05) is 5.32 Å². The molecule has 2 N–H and O–H groups in total. The van der Waals surface area contributed by atoms with E-state index in [1.165, 1.54) is 28.9 Å². The Morgan fingerprint density at radius 3 is 2.56 bits per heavy atom. The number of carbonyl (C=O) groups excluding carboxylic acids is 1. The molecule has 9 heteroatoms. The predicted molar refractivity (Wildman–Crippen MR) is 98.9 cm³/mol. The summed E-state index contributed by atoms with van der Waals surface area (Å²) in [5, 5.41) is 16.7. The van der Waals surface area contributed by atoms with Crippen molar-refractivity contribution in [1.82, 2.24) is 14.8 Å². The molecule has 1 fully saturated rings. The number of benzene rings is 1. The lowest BCUT2D eigenvalue weighted by atomic mass is 9.89. The highest BCUT2D eigenvalue weighted by Crippen LogP contribution is 2.32. The van der Waals surface area contributed by atoms with Crippen molar-refractivity contribution in [3.05, 3.63) is 35.8 Å². The summed E-state index contributed by atoms with van der Waals surface area (Å²) in [4.78, 5) is 28.4. The standard InChI is InChI=1S/C18H17FN4O3S/c19-11-6-8-12(9-7-11)23-15-14(13(22-23)17(25)26)27-18(20-15)21-16(24)10-4-2-1-3-5-10/h6-10H,1-5H2,(H,25,26)(H,20,21,24).